The van der Waals surface area contributed by atoms with Crippen molar-refractivity contribution in [1.29, 1.82) is 0 Å². The molecule has 0 aliphatic rings. The lowest BCUT2D eigenvalue weighted by Crippen LogP contribution is -2.16. The number of hydrogen-bond donors (Lipinski definition) is 1. The Morgan fingerprint density at radius 1 is 0.923 bits per heavy atom. The van der Waals surface area contributed by atoms with Crippen molar-refractivity contribution >= 4 is 11.6 Å². The summed E-state index contributed by atoms with van der Waals surface area (Å²) in [6.45, 7) is 8.50. The fourth-order valence-corrected chi connectivity index (χ4v) is 2.95. The summed E-state index contributed by atoms with van der Waals surface area (Å²) in [5.41, 5.74) is 4.29. The van der Waals surface area contributed by atoms with Gasteiger partial charge in [-0.3, -0.25) is 4.79 Å². The molecule has 0 atom stereocenters. The normalized spacial score (nSPS) is 11.2. The summed E-state index contributed by atoms with van der Waals surface area (Å²) in [6, 6.07) is 15.8. The highest BCUT2D eigenvalue weighted by atomic mass is 16.2. The fourth-order valence-electron chi connectivity index (χ4n) is 2.95. The smallest absolute Gasteiger partial charge is 0.277 e. The van der Waals surface area contributed by atoms with E-state index in [1.54, 1.807) is 10.9 Å². The van der Waals surface area contributed by atoms with E-state index in [-0.39, 0.29) is 5.91 Å². The van der Waals surface area contributed by atoms with Crippen LogP contribution in [0.1, 0.15) is 61.1 Å². The number of benzene rings is 2. The molecule has 0 saturated carbocycles. The Hall–Kier alpha value is -2.95. The number of aromatic nitrogens is 3. The second-order valence-corrected chi connectivity index (χ2v) is 6.96. The average molecular weight is 348 g/mol. The molecule has 1 aromatic heterocycles. The summed E-state index contributed by atoms with van der Waals surface area (Å²) in [5.74, 6) is 0.371. The zero-order chi connectivity index (χ0) is 18.7. The molecule has 134 valence electrons. The van der Waals surface area contributed by atoms with Gasteiger partial charge in [0.15, 0.2) is 5.69 Å². The highest BCUT2D eigenvalue weighted by molar-refractivity contribution is 6.03. The molecule has 0 radical (unpaired) electrons. The van der Waals surface area contributed by atoms with E-state index in [9.17, 15) is 4.79 Å². The zero-order valence-corrected chi connectivity index (χ0v) is 15.6. The van der Waals surface area contributed by atoms with E-state index in [4.69, 9.17) is 0 Å². The minimum atomic E-state index is -0.248. The summed E-state index contributed by atoms with van der Waals surface area (Å²) in [5, 5.41) is 11.2. The first-order valence-corrected chi connectivity index (χ1v) is 8.89. The molecule has 0 aliphatic carbocycles. The highest BCUT2D eigenvalue weighted by Crippen LogP contribution is 2.32. The van der Waals surface area contributed by atoms with Gasteiger partial charge in [0, 0.05) is 5.69 Å². The van der Waals surface area contributed by atoms with Crippen LogP contribution in [0.5, 0.6) is 0 Å². The van der Waals surface area contributed by atoms with Gasteiger partial charge in [0.2, 0.25) is 0 Å². The molecular weight excluding hydrogens is 324 g/mol. The molecule has 0 unspecified atom stereocenters. The van der Waals surface area contributed by atoms with Gasteiger partial charge < -0.3 is 5.32 Å². The van der Waals surface area contributed by atoms with Gasteiger partial charge in [0.25, 0.3) is 5.91 Å². The van der Waals surface area contributed by atoms with Gasteiger partial charge in [-0.1, -0.05) is 69.3 Å². The molecule has 0 aliphatic heterocycles. The molecule has 1 amide bonds. The van der Waals surface area contributed by atoms with E-state index in [1.165, 1.54) is 0 Å². The standard InChI is InChI=1S/C21H24N4O/c1-14(2)17-11-8-12-18(15(3)4)20(17)22-21(26)19-13-25(24-23-19)16-9-6-5-7-10-16/h5-15H,1-4H3,(H,22,26). The second kappa shape index (κ2) is 7.52. The minimum absolute atomic E-state index is 0.248. The first-order valence-electron chi connectivity index (χ1n) is 8.89. The number of para-hydroxylation sites is 2. The largest absolute Gasteiger partial charge is 0.320 e. The molecule has 0 saturated heterocycles. The second-order valence-electron chi connectivity index (χ2n) is 6.96. The molecule has 3 aromatic rings. The quantitative estimate of drug-likeness (QED) is 0.723. The summed E-state index contributed by atoms with van der Waals surface area (Å²) in [7, 11) is 0. The van der Waals surface area contributed by atoms with Gasteiger partial charge in [0.1, 0.15) is 0 Å². The first kappa shape index (κ1) is 17.9. The van der Waals surface area contributed by atoms with Gasteiger partial charge >= 0.3 is 0 Å². The van der Waals surface area contributed by atoms with Crippen molar-refractivity contribution in [3.05, 3.63) is 71.5 Å². The number of amides is 1. The van der Waals surface area contributed by atoms with E-state index in [2.05, 4.69) is 55.5 Å². The summed E-state index contributed by atoms with van der Waals surface area (Å²) in [4.78, 5) is 12.8. The Morgan fingerprint density at radius 3 is 2.12 bits per heavy atom. The van der Waals surface area contributed by atoms with Crippen LogP contribution in [0.25, 0.3) is 5.69 Å². The van der Waals surface area contributed by atoms with E-state index >= 15 is 0 Å². The number of nitrogens with one attached hydrogen (secondary N) is 1. The summed E-state index contributed by atoms with van der Waals surface area (Å²) < 4.78 is 1.60. The predicted octanol–water partition coefficient (Wildman–Crippen LogP) is 4.77. The molecule has 2 aromatic carbocycles. The molecule has 5 nitrogen and oxygen atoms in total. The van der Waals surface area contributed by atoms with Crippen molar-refractivity contribution in [2.75, 3.05) is 5.32 Å². The Labute approximate surface area is 154 Å². The molecule has 5 heteroatoms. The minimum Gasteiger partial charge on any atom is -0.320 e. The summed E-state index contributed by atoms with van der Waals surface area (Å²) >= 11 is 0. The number of carbonyl (C=O) groups excluding carboxylic acids is 1. The topological polar surface area (TPSA) is 59.8 Å². The third-order valence-electron chi connectivity index (χ3n) is 4.36. The maximum atomic E-state index is 12.8. The van der Waals surface area contributed by atoms with Crippen LogP contribution >= 0.6 is 0 Å². The number of nitrogens with zero attached hydrogens (tertiary/aromatic N) is 3. The molecule has 0 fully saturated rings. The first-order chi connectivity index (χ1) is 12.5. The monoisotopic (exact) mass is 348 g/mol. The lowest BCUT2D eigenvalue weighted by Gasteiger charge is -2.19. The zero-order valence-electron chi connectivity index (χ0n) is 15.6. The molecule has 0 spiro atoms. The van der Waals surface area contributed by atoms with Crippen LogP contribution in [0.2, 0.25) is 0 Å². The highest BCUT2D eigenvalue weighted by Gasteiger charge is 2.18. The van der Waals surface area contributed by atoms with Gasteiger partial charge in [-0.2, -0.15) is 0 Å². The van der Waals surface area contributed by atoms with Crippen molar-refractivity contribution in [2.45, 2.75) is 39.5 Å². The van der Waals surface area contributed by atoms with Crippen molar-refractivity contribution in [2.24, 2.45) is 0 Å². The van der Waals surface area contributed by atoms with Crippen LogP contribution < -0.4 is 5.32 Å². The Kier molecular flexibility index (Phi) is 5.16. The van der Waals surface area contributed by atoms with Gasteiger partial charge in [-0.05, 0) is 35.1 Å². The van der Waals surface area contributed by atoms with Gasteiger partial charge in [0.05, 0.1) is 11.9 Å². The van der Waals surface area contributed by atoms with Crippen LogP contribution in [0, 0.1) is 0 Å². The third-order valence-corrected chi connectivity index (χ3v) is 4.36. The number of carbonyl (C=O) groups is 1. The van der Waals surface area contributed by atoms with Crippen molar-refractivity contribution in [1.82, 2.24) is 15.0 Å². The number of anilines is 1. The average Bonchev–Trinajstić information content (AvgIpc) is 3.12. The van der Waals surface area contributed by atoms with Crippen molar-refractivity contribution in [3.8, 4) is 5.69 Å². The molecule has 3 rings (SSSR count). The molecular formula is C21H24N4O. The van der Waals surface area contributed by atoms with Gasteiger partial charge in [-0.15, -0.1) is 5.10 Å². The molecule has 1 N–H and O–H groups in total. The predicted molar refractivity (Wildman–Crippen MR) is 104 cm³/mol. The Bertz CT molecular complexity index is 871. The Balaban J connectivity index is 1.90. The summed E-state index contributed by atoms with van der Waals surface area (Å²) in [6.07, 6.45) is 1.65. The molecule has 1 heterocycles. The maximum absolute atomic E-state index is 12.8. The van der Waals surface area contributed by atoms with Crippen LogP contribution in [0.4, 0.5) is 5.69 Å². The van der Waals surface area contributed by atoms with Crippen molar-refractivity contribution in [3.63, 3.8) is 0 Å². The van der Waals surface area contributed by atoms with Gasteiger partial charge in [-0.25, -0.2) is 4.68 Å². The van der Waals surface area contributed by atoms with Crippen LogP contribution in [-0.2, 0) is 0 Å². The van der Waals surface area contributed by atoms with E-state index in [0.717, 1.165) is 22.5 Å². The lowest BCUT2D eigenvalue weighted by atomic mass is 9.92. The van der Waals surface area contributed by atoms with Crippen molar-refractivity contribution < 1.29 is 4.79 Å². The number of rotatable bonds is 5. The van der Waals surface area contributed by atoms with Crippen LogP contribution in [-0.4, -0.2) is 20.9 Å². The maximum Gasteiger partial charge on any atom is 0.277 e. The van der Waals surface area contributed by atoms with E-state index in [0.29, 0.717) is 17.5 Å². The van der Waals surface area contributed by atoms with Crippen LogP contribution in [0.3, 0.4) is 0 Å². The fraction of sp³-hybridized carbons (Fsp3) is 0.286. The van der Waals surface area contributed by atoms with E-state index < -0.39 is 0 Å². The molecule has 0 bridgehead atoms. The van der Waals surface area contributed by atoms with Crippen LogP contribution in [0.15, 0.2) is 54.7 Å². The van der Waals surface area contributed by atoms with E-state index in [1.807, 2.05) is 36.4 Å². The number of hydrogen-bond acceptors (Lipinski definition) is 3. The molecule has 26 heavy (non-hydrogen) atoms. The Morgan fingerprint density at radius 2 is 1.54 bits per heavy atom. The SMILES string of the molecule is CC(C)c1cccc(C(C)C)c1NC(=O)c1cn(-c2ccccc2)nn1. The third kappa shape index (κ3) is 3.67. The lowest BCUT2D eigenvalue weighted by molar-refractivity contribution is 0.102.